The van der Waals surface area contributed by atoms with E-state index in [1.807, 2.05) is 0 Å². The van der Waals surface area contributed by atoms with Gasteiger partial charge in [0.15, 0.2) is 0 Å². The molecular formula is C18H36N2. The lowest BCUT2D eigenvalue weighted by molar-refractivity contribution is 0.0252. The Balaban J connectivity index is 1.96. The number of hydrogen-bond acceptors (Lipinski definition) is 2. The molecule has 1 N–H and O–H groups in total. The zero-order valence-electron chi connectivity index (χ0n) is 14.1. The van der Waals surface area contributed by atoms with E-state index in [1.165, 1.54) is 71.0 Å². The first-order valence-corrected chi connectivity index (χ1v) is 9.13. The van der Waals surface area contributed by atoms with Crippen LogP contribution in [0, 0.1) is 11.3 Å². The monoisotopic (exact) mass is 280 g/mol. The summed E-state index contributed by atoms with van der Waals surface area (Å²) in [4.78, 5) is 2.88. The summed E-state index contributed by atoms with van der Waals surface area (Å²) >= 11 is 0. The van der Waals surface area contributed by atoms with Gasteiger partial charge >= 0.3 is 0 Å². The number of rotatable bonds is 7. The molecule has 0 amide bonds. The lowest BCUT2D eigenvalue weighted by atomic mass is 9.76. The highest BCUT2D eigenvalue weighted by molar-refractivity contribution is 4.91. The third kappa shape index (κ3) is 4.21. The van der Waals surface area contributed by atoms with Crippen molar-refractivity contribution in [3.8, 4) is 0 Å². The largest absolute Gasteiger partial charge is 0.316 e. The maximum absolute atomic E-state index is 3.61. The Morgan fingerprint density at radius 1 is 1.10 bits per heavy atom. The molecule has 1 saturated carbocycles. The van der Waals surface area contributed by atoms with Crippen molar-refractivity contribution in [2.45, 2.75) is 78.2 Å². The van der Waals surface area contributed by atoms with E-state index >= 15 is 0 Å². The van der Waals surface area contributed by atoms with Gasteiger partial charge < -0.3 is 5.32 Å². The van der Waals surface area contributed by atoms with E-state index in [0.29, 0.717) is 5.41 Å². The van der Waals surface area contributed by atoms with Crippen LogP contribution in [0.1, 0.15) is 72.1 Å². The predicted molar refractivity (Wildman–Crippen MR) is 88.1 cm³/mol. The lowest BCUT2D eigenvalue weighted by Crippen LogP contribution is -2.52. The Labute approximate surface area is 126 Å². The van der Waals surface area contributed by atoms with Crippen LogP contribution in [0.5, 0.6) is 0 Å². The van der Waals surface area contributed by atoms with Crippen molar-refractivity contribution in [1.82, 2.24) is 10.2 Å². The number of likely N-dealkylation sites (tertiary alicyclic amines) is 1. The fourth-order valence-corrected chi connectivity index (χ4v) is 4.67. The fourth-order valence-electron chi connectivity index (χ4n) is 4.67. The Kier molecular flexibility index (Phi) is 6.35. The topological polar surface area (TPSA) is 15.3 Å². The van der Waals surface area contributed by atoms with Crippen LogP contribution in [0.4, 0.5) is 0 Å². The van der Waals surface area contributed by atoms with Gasteiger partial charge in [-0.25, -0.2) is 0 Å². The highest BCUT2D eigenvalue weighted by atomic mass is 15.2. The Hall–Kier alpha value is -0.0800. The molecular weight excluding hydrogens is 244 g/mol. The molecule has 2 rings (SSSR count). The van der Waals surface area contributed by atoms with Crippen LogP contribution in [0.3, 0.4) is 0 Å². The number of fused-ring (bicyclic) bond motifs is 1. The van der Waals surface area contributed by atoms with Gasteiger partial charge in [-0.15, -0.1) is 0 Å². The van der Waals surface area contributed by atoms with Crippen molar-refractivity contribution in [1.29, 1.82) is 0 Å². The Morgan fingerprint density at radius 3 is 2.60 bits per heavy atom. The standard InChI is InChI=1S/C18H36N2/c1-4-12-18(3,14-19-5-2)15-20-13-8-10-16-9-6-7-11-17(16)20/h16-17,19H,4-15H2,1-3H3/t16-,17-,18?/m1/s1. The molecule has 2 heteroatoms. The summed E-state index contributed by atoms with van der Waals surface area (Å²) in [5.74, 6) is 1.02. The van der Waals surface area contributed by atoms with Gasteiger partial charge in [0.1, 0.15) is 0 Å². The van der Waals surface area contributed by atoms with Gasteiger partial charge in [-0.1, -0.05) is 40.0 Å². The molecule has 1 saturated heterocycles. The highest BCUT2D eigenvalue weighted by Crippen LogP contribution is 2.37. The second kappa shape index (κ2) is 7.79. The molecule has 2 nitrogen and oxygen atoms in total. The molecule has 1 unspecified atom stereocenters. The summed E-state index contributed by atoms with van der Waals surface area (Å²) in [6.45, 7) is 12.0. The molecule has 20 heavy (non-hydrogen) atoms. The van der Waals surface area contributed by atoms with Gasteiger partial charge in [0.05, 0.1) is 0 Å². The van der Waals surface area contributed by atoms with Gasteiger partial charge in [0.2, 0.25) is 0 Å². The molecule has 0 spiro atoms. The van der Waals surface area contributed by atoms with Gasteiger partial charge in [-0.3, -0.25) is 4.90 Å². The molecule has 0 bridgehead atoms. The molecule has 3 atom stereocenters. The van der Waals surface area contributed by atoms with Crippen LogP contribution < -0.4 is 5.32 Å². The van der Waals surface area contributed by atoms with E-state index in [1.54, 1.807) is 0 Å². The Morgan fingerprint density at radius 2 is 1.85 bits per heavy atom. The van der Waals surface area contributed by atoms with Crippen LogP contribution in [0.15, 0.2) is 0 Å². The molecule has 2 fully saturated rings. The van der Waals surface area contributed by atoms with Gasteiger partial charge in [-0.2, -0.15) is 0 Å². The molecule has 0 aromatic heterocycles. The SMILES string of the molecule is CCCC(C)(CNCC)CN1CCC[C@H]2CCCC[C@H]21. The van der Waals surface area contributed by atoms with Gasteiger partial charge in [0.25, 0.3) is 0 Å². The minimum absolute atomic E-state index is 0.462. The predicted octanol–water partition coefficient (Wildman–Crippen LogP) is 4.06. The maximum atomic E-state index is 3.61. The first-order valence-electron chi connectivity index (χ1n) is 9.13. The van der Waals surface area contributed by atoms with Gasteiger partial charge in [0, 0.05) is 19.1 Å². The highest BCUT2D eigenvalue weighted by Gasteiger charge is 2.36. The molecule has 118 valence electrons. The summed E-state index contributed by atoms with van der Waals surface area (Å²) in [5, 5.41) is 3.61. The summed E-state index contributed by atoms with van der Waals surface area (Å²) < 4.78 is 0. The zero-order chi connectivity index (χ0) is 14.4. The van der Waals surface area contributed by atoms with Crippen molar-refractivity contribution < 1.29 is 0 Å². The van der Waals surface area contributed by atoms with Crippen LogP contribution in [0.2, 0.25) is 0 Å². The third-order valence-corrected chi connectivity index (χ3v) is 5.60. The third-order valence-electron chi connectivity index (χ3n) is 5.60. The molecule has 0 radical (unpaired) electrons. The number of hydrogen-bond donors (Lipinski definition) is 1. The summed E-state index contributed by atoms with van der Waals surface area (Å²) in [6.07, 6.45) is 11.5. The van der Waals surface area contributed by atoms with E-state index in [4.69, 9.17) is 0 Å². The fraction of sp³-hybridized carbons (Fsp3) is 1.00. The summed E-state index contributed by atoms with van der Waals surface area (Å²) in [6, 6.07) is 0.912. The summed E-state index contributed by atoms with van der Waals surface area (Å²) in [7, 11) is 0. The van der Waals surface area contributed by atoms with E-state index in [2.05, 4.69) is 31.0 Å². The normalized spacial score (nSPS) is 30.8. The van der Waals surface area contributed by atoms with Crippen molar-refractivity contribution in [3.05, 3.63) is 0 Å². The van der Waals surface area contributed by atoms with Crippen molar-refractivity contribution in [2.75, 3.05) is 26.2 Å². The average Bonchev–Trinajstić information content (AvgIpc) is 2.46. The quantitative estimate of drug-likeness (QED) is 0.756. The first-order chi connectivity index (χ1) is 9.68. The second-order valence-corrected chi connectivity index (χ2v) is 7.57. The zero-order valence-corrected chi connectivity index (χ0v) is 14.1. The number of nitrogens with one attached hydrogen (secondary N) is 1. The van der Waals surface area contributed by atoms with Crippen molar-refractivity contribution in [2.24, 2.45) is 11.3 Å². The molecule has 0 aromatic rings. The van der Waals surface area contributed by atoms with Crippen LogP contribution in [-0.4, -0.2) is 37.1 Å². The van der Waals surface area contributed by atoms with Crippen LogP contribution >= 0.6 is 0 Å². The van der Waals surface area contributed by atoms with Crippen LogP contribution in [-0.2, 0) is 0 Å². The second-order valence-electron chi connectivity index (χ2n) is 7.57. The minimum atomic E-state index is 0.462. The lowest BCUT2D eigenvalue weighted by Gasteiger charge is -2.47. The van der Waals surface area contributed by atoms with E-state index in [-0.39, 0.29) is 0 Å². The molecule has 1 aliphatic heterocycles. The molecule has 2 aliphatic rings. The van der Waals surface area contributed by atoms with E-state index in [0.717, 1.165) is 18.5 Å². The average molecular weight is 280 g/mol. The van der Waals surface area contributed by atoms with Crippen molar-refractivity contribution >= 4 is 0 Å². The van der Waals surface area contributed by atoms with E-state index < -0.39 is 0 Å². The number of nitrogens with zero attached hydrogens (tertiary/aromatic N) is 1. The van der Waals surface area contributed by atoms with Crippen molar-refractivity contribution in [3.63, 3.8) is 0 Å². The Bertz CT molecular complexity index is 277. The summed E-state index contributed by atoms with van der Waals surface area (Å²) in [5.41, 5.74) is 0.462. The molecule has 1 heterocycles. The molecule has 1 aliphatic carbocycles. The minimum Gasteiger partial charge on any atom is -0.316 e. The maximum Gasteiger partial charge on any atom is 0.0124 e. The smallest absolute Gasteiger partial charge is 0.0124 e. The first kappa shape index (κ1) is 16.3. The van der Waals surface area contributed by atoms with Gasteiger partial charge in [-0.05, 0) is 56.5 Å². The molecule has 0 aromatic carbocycles. The van der Waals surface area contributed by atoms with E-state index in [9.17, 15) is 0 Å². The number of piperidine rings is 1. The van der Waals surface area contributed by atoms with Crippen LogP contribution in [0.25, 0.3) is 0 Å².